The Kier molecular flexibility index (Phi) is 2.64. The number of aliphatic hydroxyl groups excluding tert-OH is 1. The number of carboxylic acids is 1. The van der Waals surface area contributed by atoms with Crippen LogP contribution in [0.3, 0.4) is 0 Å². The molecule has 0 aliphatic carbocycles. The monoisotopic (exact) mass is 182 g/mol. The molecule has 1 aromatic carbocycles. The zero-order chi connectivity index (χ0) is 9.84. The Morgan fingerprint density at radius 1 is 1.23 bits per heavy atom. The van der Waals surface area contributed by atoms with E-state index in [0.29, 0.717) is 5.56 Å². The first-order chi connectivity index (χ1) is 6.09. The molecule has 0 radical (unpaired) electrons. The quantitative estimate of drug-likeness (QED) is 0.541. The van der Waals surface area contributed by atoms with Gasteiger partial charge in [0.15, 0.2) is 0 Å². The first-order valence-electron chi connectivity index (χ1n) is 3.49. The summed E-state index contributed by atoms with van der Waals surface area (Å²) in [6.07, 6.45) is 1.04. The molecule has 0 unspecified atom stereocenters. The average Bonchev–Trinajstić information content (AvgIpc) is 2.08. The molecule has 0 heterocycles. The Morgan fingerprint density at radius 2 is 1.77 bits per heavy atom. The Labute approximate surface area is 73.8 Å². The standard InChI is InChI=1S/C9H7FO3/c10-7-3-1-6(2-4-7)5-8(11)9(12)13/h1-5,11H,(H,12,13). The molecule has 0 aliphatic rings. The van der Waals surface area contributed by atoms with Gasteiger partial charge in [-0.1, -0.05) is 12.1 Å². The molecule has 0 saturated carbocycles. The van der Waals surface area contributed by atoms with E-state index in [1.54, 1.807) is 0 Å². The lowest BCUT2D eigenvalue weighted by Gasteiger charge is -1.94. The highest BCUT2D eigenvalue weighted by atomic mass is 19.1. The summed E-state index contributed by atoms with van der Waals surface area (Å²) in [6.45, 7) is 0. The van der Waals surface area contributed by atoms with Gasteiger partial charge in [-0.3, -0.25) is 0 Å². The summed E-state index contributed by atoms with van der Waals surface area (Å²) in [6, 6.07) is 5.10. The molecule has 1 rings (SSSR count). The van der Waals surface area contributed by atoms with Crippen LogP contribution in [-0.2, 0) is 4.79 Å². The number of hydrogen-bond acceptors (Lipinski definition) is 2. The molecular formula is C9H7FO3. The van der Waals surface area contributed by atoms with E-state index < -0.39 is 17.5 Å². The lowest BCUT2D eigenvalue weighted by atomic mass is 10.2. The van der Waals surface area contributed by atoms with Crippen LogP contribution in [0.5, 0.6) is 0 Å². The van der Waals surface area contributed by atoms with Gasteiger partial charge in [-0.15, -0.1) is 0 Å². The second-order valence-corrected chi connectivity index (χ2v) is 2.39. The van der Waals surface area contributed by atoms with Crippen LogP contribution in [0.1, 0.15) is 5.56 Å². The van der Waals surface area contributed by atoms with Crippen LogP contribution >= 0.6 is 0 Å². The molecule has 0 spiro atoms. The Hall–Kier alpha value is -1.84. The van der Waals surface area contributed by atoms with E-state index >= 15 is 0 Å². The van der Waals surface area contributed by atoms with Crippen molar-refractivity contribution in [3.05, 3.63) is 41.4 Å². The molecule has 0 atom stereocenters. The van der Waals surface area contributed by atoms with Gasteiger partial charge < -0.3 is 10.2 Å². The summed E-state index contributed by atoms with van der Waals surface area (Å²) in [5.41, 5.74) is 0.432. The number of halogens is 1. The zero-order valence-electron chi connectivity index (χ0n) is 6.57. The molecule has 1 aromatic rings. The maximum atomic E-state index is 12.4. The number of aliphatic hydroxyl groups is 1. The lowest BCUT2D eigenvalue weighted by Crippen LogP contribution is -1.98. The zero-order valence-corrected chi connectivity index (χ0v) is 6.57. The van der Waals surface area contributed by atoms with Crippen molar-refractivity contribution in [1.82, 2.24) is 0 Å². The van der Waals surface area contributed by atoms with Gasteiger partial charge in [0.05, 0.1) is 0 Å². The first kappa shape index (κ1) is 9.25. The van der Waals surface area contributed by atoms with Gasteiger partial charge >= 0.3 is 5.97 Å². The highest BCUT2D eigenvalue weighted by Crippen LogP contribution is 2.06. The predicted molar refractivity (Wildman–Crippen MR) is 44.6 cm³/mol. The van der Waals surface area contributed by atoms with E-state index in [0.717, 1.165) is 6.08 Å². The van der Waals surface area contributed by atoms with E-state index in [1.807, 2.05) is 0 Å². The summed E-state index contributed by atoms with van der Waals surface area (Å²) < 4.78 is 12.4. The second-order valence-electron chi connectivity index (χ2n) is 2.39. The van der Waals surface area contributed by atoms with Crippen molar-refractivity contribution in [3.63, 3.8) is 0 Å². The van der Waals surface area contributed by atoms with Crippen molar-refractivity contribution < 1.29 is 19.4 Å². The van der Waals surface area contributed by atoms with Gasteiger partial charge in [0.2, 0.25) is 5.76 Å². The van der Waals surface area contributed by atoms with Crippen LogP contribution in [0.15, 0.2) is 30.0 Å². The molecule has 13 heavy (non-hydrogen) atoms. The number of benzene rings is 1. The smallest absolute Gasteiger partial charge is 0.370 e. The number of rotatable bonds is 2. The third kappa shape index (κ3) is 2.59. The number of carboxylic acid groups (broad SMARTS) is 1. The summed E-state index contributed by atoms with van der Waals surface area (Å²) in [4.78, 5) is 10.2. The van der Waals surface area contributed by atoms with Crippen molar-refractivity contribution in [1.29, 1.82) is 0 Å². The number of carbonyl (C=O) groups is 1. The molecule has 0 aliphatic heterocycles. The van der Waals surface area contributed by atoms with E-state index in [-0.39, 0.29) is 0 Å². The van der Waals surface area contributed by atoms with Crippen LogP contribution in [-0.4, -0.2) is 16.2 Å². The normalized spacial score (nSPS) is 11.3. The fraction of sp³-hybridized carbons (Fsp3) is 0. The van der Waals surface area contributed by atoms with Crippen molar-refractivity contribution in [3.8, 4) is 0 Å². The van der Waals surface area contributed by atoms with Gasteiger partial charge in [0.1, 0.15) is 5.82 Å². The Morgan fingerprint density at radius 3 is 2.23 bits per heavy atom. The van der Waals surface area contributed by atoms with Crippen molar-refractivity contribution in [2.75, 3.05) is 0 Å². The minimum atomic E-state index is -1.41. The van der Waals surface area contributed by atoms with Crippen molar-refractivity contribution in [2.24, 2.45) is 0 Å². The van der Waals surface area contributed by atoms with Crippen LogP contribution in [0.4, 0.5) is 4.39 Å². The van der Waals surface area contributed by atoms with Crippen molar-refractivity contribution in [2.45, 2.75) is 0 Å². The molecule has 3 nitrogen and oxygen atoms in total. The third-order valence-corrected chi connectivity index (χ3v) is 1.39. The minimum Gasteiger partial charge on any atom is -0.502 e. The van der Waals surface area contributed by atoms with Crippen LogP contribution in [0.25, 0.3) is 6.08 Å². The van der Waals surface area contributed by atoms with E-state index in [9.17, 15) is 9.18 Å². The molecule has 0 amide bonds. The summed E-state index contributed by atoms with van der Waals surface area (Å²) in [7, 11) is 0. The van der Waals surface area contributed by atoms with Gasteiger partial charge in [0, 0.05) is 0 Å². The van der Waals surface area contributed by atoms with Crippen molar-refractivity contribution >= 4 is 12.0 Å². The van der Waals surface area contributed by atoms with E-state index in [1.165, 1.54) is 24.3 Å². The fourth-order valence-corrected chi connectivity index (χ4v) is 0.779. The predicted octanol–water partition coefficient (Wildman–Crippen LogP) is 1.81. The SMILES string of the molecule is O=C(O)C(O)=Cc1ccc(F)cc1. The minimum absolute atomic E-state index is 0.410. The van der Waals surface area contributed by atoms with Gasteiger partial charge in [-0.25, -0.2) is 9.18 Å². The third-order valence-electron chi connectivity index (χ3n) is 1.39. The second kappa shape index (κ2) is 3.71. The fourth-order valence-electron chi connectivity index (χ4n) is 0.779. The maximum Gasteiger partial charge on any atom is 0.370 e. The Bertz CT molecular complexity index is 340. The summed E-state index contributed by atoms with van der Waals surface area (Å²) >= 11 is 0. The highest BCUT2D eigenvalue weighted by molar-refractivity contribution is 5.89. The molecular weight excluding hydrogens is 175 g/mol. The Balaban J connectivity index is 2.92. The van der Waals surface area contributed by atoms with Gasteiger partial charge in [-0.05, 0) is 23.8 Å². The molecule has 0 bridgehead atoms. The maximum absolute atomic E-state index is 12.4. The topological polar surface area (TPSA) is 57.5 Å². The van der Waals surface area contributed by atoms with E-state index in [4.69, 9.17) is 10.2 Å². The van der Waals surface area contributed by atoms with Gasteiger partial charge in [-0.2, -0.15) is 0 Å². The van der Waals surface area contributed by atoms with E-state index in [2.05, 4.69) is 0 Å². The van der Waals surface area contributed by atoms with Crippen LogP contribution in [0, 0.1) is 5.82 Å². The number of aliphatic carboxylic acids is 1. The van der Waals surface area contributed by atoms with Crippen LogP contribution < -0.4 is 0 Å². The lowest BCUT2D eigenvalue weighted by molar-refractivity contribution is -0.135. The summed E-state index contributed by atoms with van der Waals surface area (Å²) in [5.74, 6) is -2.59. The molecule has 0 fully saturated rings. The highest BCUT2D eigenvalue weighted by Gasteiger charge is 2.02. The number of hydrogen-bond donors (Lipinski definition) is 2. The van der Waals surface area contributed by atoms with Crippen LogP contribution in [0.2, 0.25) is 0 Å². The molecule has 4 heteroatoms. The average molecular weight is 182 g/mol. The largest absolute Gasteiger partial charge is 0.502 e. The van der Waals surface area contributed by atoms with Gasteiger partial charge in [0.25, 0.3) is 0 Å². The molecule has 0 saturated heterocycles. The summed E-state index contributed by atoms with van der Waals surface area (Å²) in [5, 5.41) is 17.1. The molecule has 0 aromatic heterocycles. The first-order valence-corrected chi connectivity index (χ1v) is 3.49. The molecule has 2 N–H and O–H groups in total. The molecule has 68 valence electrons.